The smallest absolute Gasteiger partial charge is 0.141 e. The lowest BCUT2D eigenvalue weighted by Crippen LogP contribution is -2.53. The summed E-state index contributed by atoms with van der Waals surface area (Å²) >= 11 is 0. The van der Waals surface area contributed by atoms with Crippen LogP contribution in [0.3, 0.4) is 0 Å². The minimum absolute atomic E-state index is 0.210. The maximum absolute atomic E-state index is 5.82. The fourth-order valence-electron chi connectivity index (χ4n) is 1.98. The van der Waals surface area contributed by atoms with Crippen LogP contribution in [-0.4, -0.2) is 34.7 Å². The van der Waals surface area contributed by atoms with Crippen molar-refractivity contribution in [2.24, 2.45) is 5.73 Å². The second kappa shape index (κ2) is 4.44. The highest BCUT2D eigenvalue weighted by Gasteiger charge is 2.42. The molecule has 0 aromatic carbocycles. The van der Waals surface area contributed by atoms with E-state index >= 15 is 0 Å². The van der Waals surface area contributed by atoms with Gasteiger partial charge in [-0.2, -0.15) is 0 Å². The quantitative estimate of drug-likeness (QED) is 0.860. The molecule has 0 bridgehead atoms. The average Bonchev–Trinajstić information content (AvgIpc) is 2.40. The van der Waals surface area contributed by atoms with Gasteiger partial charge in [0.1, 0.15) is 5.82 Å². The first-order valence-electron chi connectivity index (χ1n) is 5.86. The summed E-state index contributed by atoms with van der Waals surface area (Å²) in [7, 11) is 0. The molecule has 2 N–H and O–H groups in total. The van der Waals surface area contributed by atoms with Crippen molar-refractivity contribution in [1.29, 1.82) is 0 Å². The average molecular weight is 242 g/mol. The molecule has 0 atom stereocenters. The number of nitrogens with zero attached hydrogens (tertiary/aromatic N) is 3. The standard InChI is InChI=1S/C13H14N4O/c14-7-13(8-18-9-13)12-16-5-3-11(17-12)10-2-1-4-15-6-10/h1-6H,7-9,14H2. The summed E-state index contributed by atoms with van der Waals surface area (Å²) in [6.45, 7) is 1.70. The van der Waals surface area contributed by atoms with Gasteiger partial charge >= 0.3 is 0 Å². The number of ether oxygens (including phenoxy) is 1. The van der Waals surface area contributed by atoms with Gasteiger partial charge in [-0.3, -0.25) is 4.98 Å². The Morgan fingerprint density at radius 3 is 2.78 bits per heavy atom. The van der Waals surface area contributed by atoms with E-state index in [0.29, 0.717) is 19.8 Å². The van der Waals surface area contributed by atoms with E-state index in [2.05, 4.69) is 15.0 Å². The third kappa shape index (κ3) is 1.77. The summed E-state index contributed by atoms with van der Waals surface area (Å²) in [6, 6.07) is 5.75. The van der Waals surface area contributed by atoms with Crippen molar-refractivity contribution in [2.45, 2.75) is 5.41 Å². The molecule has 2 aromatic rings. The molecular weight excluding hydrogens is 228 g/mol. The van der Waals surface area contributed by atoms with Crippen LogP contribution in [0.1, 0.15) is 5.82 Å². The lowest BCUT2D eigenvalue weighted by Gasteiger charge is -2.38. The molecule has 2 aromatic heterocycles. The maximum Gasteiger partial charge on any atom is 0.141 e. The molecule has 1 aliphatic heterocycles. The molecular formula is C13H14N4O. The summed E-state index contributed by atoms with van der Waals surface area (Å²) in [4.78, 5) is 13.0. The number of hydrogen-bond donors (Lipinski definition) is 1. The molecule has 0 aliphatic carbocycles. The van der Waals surface area contributed by atoms with Crippen molar-refractivity contribution in [3.05, 3.63) is 42.6 Å². The summed E-state index contributed by atoms with van der Waals surface area (Å²) in [6.07, 6.45) is 5.30. The Balaban J connectivity index is 1.99. The van der Waals surface area contributed by atoms with E-state index in [4.69, 9.17) is 10.5 Å². The van der Waals surface area contributed by atoms with Crippen molar-refractivity contribution in [3.8, 4) is 11.3 Å². The van der Waals surface area contributed by atoms with Crippen LogP contribution in [0, 0.1) is 0 Å². The molecule has 3 heterocycles. The Morgan fingerprint density at radius 1 is 1.28 bits per heavy atom. The molecule has 1 aliphatic rings. The Hall–Kier alpha value is -1.85. The second-order valence-corrected chi connectivity index (χ2v) is 4.48. The first-order valence-corrected chi connectivity index (χ1v) is 5.86. The van der Waals surface area contributed by atoms with Crippen molar-refractivity contribution < 1.29 is 4.74 Å². The molecule has 1 fully saturated rings. The van der Waals surface area contributed by atoms with Gasteiger partial charge in [-0.15, -0.1) is 0 Å². The zero-order valence-corrected chi connectivity index (χ0v) is 9.91. The van der Waals surface area contributed by atoms with Gasteiger partial charge in [0, 0.05) is 30.7 Å². The third-order valence-corrected chi connectivity index (χ3v) is 3.23. The SMILES string of the molecule is NCC1(c2nccc(-c3cccnc3)n2)COC1. The zero-order valence-electron chi connectivity index (χ0n) is 9.91. The highest BCUT2D eigenvalue weighted by atomic mass is 16.5. The van der Waals surface area contributed by atoms with Gasteiger partial charge in [0.05, 0.1) is 24.3 Å². The topological polar surface area (TPSA) is 73.9 Å². The number of rotatable bonds is 3. The first kappa shape index (κ1) is 11.3. The molecule has 1 saturated heterocycles. The van der Waals surface area contributed by atoms with Gasteiger partial charge in [-0.05, 0) is 18.2 Å². The molecule has 3 rings (SSSR count). The maximum atomic E-state index is 5.82. The molecule has 5 nitrogen and oxygen atoms in total. The summed E-state index contributed by atoms with van der Waals surface area (Å²) in [5.74, 6) is 0.762. The fraction of sp³-hybridized carbons (Fsp3) is 0.308. The van der Waals surface area contributed by atoms with E-state index in [9.17, 15) is 0 Å². The highest BCUT2D eigenvalue weighted by molar-refractivity contribution is 5.57. The molecule has 0 amide bonds. The van der Waals surface area contributed by atoms with Gasteiger partial charge < -0.3 is 10.5 Å². The Kier molecular flexibility index (Phi) is 2.77. The van der Waals surface area contributed by atoms with Crippen LogP contribution in [0.5, 0.6) is 0 Å². The number of pyridine rings is 1. The van der Waals surface area contributed by atoms with Crippen molar-refractivity contribution >= 4 is 0 Å². The van der Waals surface area contributed by atoms with Crippen LogP contribution in [0.25, 0.3) is 11.3 Å². The molecule has 92 valence electrons. The van der Waals surface area contributed by atoms with Crippen LogP contribution in [0.2, 0.25) is 0 Å². The Labute approximate surface area is 105 Å². The minimum atomic E-state index is -0.210. The molecule has 0 saturated carbocycles. The highest BCUT2D eigenvalue weighted by Crippen LogP contribution is 2.29. The van der Waals surface area contributed by atoms with E-state index in [-0.39, 0.29) is 5.41 Å². The van der Waals surface area contributed by atoms with Gasteiger partial charge in [0.15, 0.2) is 0 Å². The molecule has 5 heteroatoms. The first-order chi connectivity index (χ1) is 8.84. The van der Waals surface area contributed by atoms with E-state index in [1.54, 1.807) is 18.6 Å². The lowest BCUT2D eigenvalue weighted by atomic mass is 9.85. The van der Waals surface area contributed by atoms with Gasteiger partial charge in [0.25, 0.3) is 0 Å². The van der Waals surface area contributed by atoms with E-state index < -0.39 is 0 Å². The largest absolute Gasteiger partial charge is 0.379 e. The van der Waals surface area contributed by atoms with E-state index in [1.807, 2.05) is 18.2 Å². The molecule has 0 unspecified atom stereocenters. The predicted molar refractivity (Wildman–Crippen MR) is 66.8 cm³/mol. The monoisotopic (exact) mass is 242 g/mol. The minimum Gasteiger partial charge on any atom is -0.379 e. The lowest BCUT2D eigenvalue weighted by molar-refractivity contribution is -0.0593. The fourth-order valence-corrected chi connectivity index (χ4v) is 1.98. The number of aromatic nitrogens is 3. The van der Waals surface area contributed by atoms with Crippen molar-refractivity contribution in [3.63, 3.8) is 0 Å². The molecule has 18 heavy (non-hydrogen) atoms. The number of hydrogen-bond acceptors (Lipinski definition) is 5. The van der Waals surface area contributed by atoms with Crippen LogP contribution in [0.4, 0.5) is 0 Å². The molecule has 0 radical (unpaired) electrons. The second-order valence-electron chi connectivity index (χ2n) is 4.48. The van der Waals surface area contributed by atoms with Gasteiger partial charge in [-0.1, -0.05) is 0 Å². The van der Waals surface area contributed by atoms with Crippen molar-refractivity contribution in [2.75, 3.05) is 19.8 Å². The molecule has 0 spiro atoms. The Morgan fingerprint density at radius 2 is 2.17 bits per heavy atom. The van der Waals surface area contributed by atoms with Crippen LogP contribution < -0.4 is 5.73 Å². The normalized spacial score (nSPS) is 17.2. The van der Waals surface area contributed by atoms with Crippen LogP contribution >= 0.6 is 0 Å². The number of nitrogens with two attached hydrogens (primary N) is 1. The summed E-state index contributed by atoms with van der Waals surface area (Å²) in [5.41, 5.74) is 7.46. The predicted octanol–water partition coefficient (Wildman–Crippen LogP) is 0.765. The van der Waals surface area contributed by atoms with E-state index in [0.717, 1.165) is 17.1 Å². The third-order valence-electron chi connectivity index (χ3n) is 3.23. The summed E-state index contributed by atoms with van der Waals surface area (Å²) < 4.78 is 5.26. The van der Waals surface area contributed by atoms with E-state index in [1.165, 1.54) is 0 Å². The van der Waals surface area contributed by atoms with Crippen LogP contribution in [-0.2, 0) is 10.2 Å². The van der Waals surface area contributed by atoms with Gasteiger partial charge in [-0.25, -0.2) is 9.97 Å². The summed E-state index contributed by atoms with van der Waals surface area (Å²) in [5, 5.41) is 0. The van der Waals surface area contributed by atoms with Crippen LogP contribution in [0.15, 0.2) is 36.8 Å². The zero-order chi connectivity index (χ0) is 12.4. The Bertz CT molecular complexity index is 534. The van der Waals surface area contributed by atoms with Gasteiger partial charge in [0.2, 0.25) is 0 Å². The van der Waals surface area contributed by atoms with Crippen molar-refractivity contribution in [1.82, 2.24) is 15.0 Å².